The first-order valence-electron chi connectivity index (χ1n) is 22.2. The van der Waals surface area contributed by atoms with Crippen molar-refractivity contribution in [1.29, 1.82) is 0 Å². The van der Waals surface area contributed by atoms with Gasteiger partial charge in [-0.05, 0) is 50.6 Å². The molecule has 6 aromatic rings. The Morgan fingerprint density at radius 2 is 1.09 bits per heavy atom. The summed E-state index contributed by atoms with van der Waals surface area (Å²) in [4.78, 5) is 27.1. The number of alkyl carbamates (subject to hydrolysis) is 1. The van der Waals surface area contributed by atoms with Crippen molar-refractivity contribution in [1.82, 2.24) is 5.32 Å². The summed E-state index contributed by atoms with van der Waals surface area (Å²) >= 11 is 0. The Hall–Kier alpha value is -6.44. The number of carbonyl (C=O) groups is 2. The smallest absolute Gasteiger partial charge is 0.407 e. The Labute approximate surface area is 386 Å². The molecule has 1 aliphatic carbocycles. The zero-order valence-corrected chi connectivity index (χ0v) is 36.9. The maximum Gasteiger partial charge on any atom is 0.407 e. The van der Waals surface area contributed by atoms with Gasteiger partial charge in [0.25, 0.3) is 0 Å². The van der Waals surface area contributed by atoms with E-state index in [1.165, 1.54) is 13.2 Å². The molecule has 1 fully saturated rings. The maximum atomic E-state index is 13.6. The lowest BCUT2D eigenvalue weighted by Crippen LogP contribution is -2.68. The number of fused-ring (bicyclic) bond motifs is 3. The molecule has 1 aliphatic heterocycles. The molecule has 0 saturated carbocycles. The second kappa shape index (κ2) is 22.6. The average molecular weight is 890 g/mol. The van der Waals surface area contributed by atoms with Gasteiger partial charge in [-0.3, -0.25) is 0 Å². The molecule has 11 heteroatoms. The average Bonchev–Trinajstić information content (AvgIpc) is 3.69. The fourth-order valence-corrected chi connectivity index (χ4v) is 8.51. The second-order valence-electron chi connectivity index (χ2n) is 16.2. The molecule has 0 radical (unpaired) electrons. The first kappa shape index (κ1) is 46.1. The van der Waals surface area contributed by atoms with Crippen molar-refractivity contribution < 1.29 is 47.5 Å². The number of carbonyl (C=O) groups excluding carboxylic acids is 2. The SMILES string of the molecule is C=C[C@]1(OCC(NC(=O)OCC2c3ccccc3-c3ccccc32)C(=O)OC)O[C@H](COCc2ccccc2)[C@H](OCc2ccccc2)[C@H](OCc2ccccc2)[C@H]1OCc1ccccc1. The number of methoxy groups -OCH3 is 1. The van der Waals surface area contributed by atoms with Crippen molar-refractivity contribution in [3.05, 3.63) is 216 Å². The van der Waals surface area contributed by atoms with Crippen LogP contribution in [0.5, 0.6) is 0 Å². The summed E-state index contributed by atoms with van der Waals surface area (Å²) in [6.07, 6.45) is -2.81. The van der Waals surface area contributed by atoms with Crippen LogP contribution in [0.3, 0.4) is 0 Å². The lowest BCUT2D eigenvalue weighted by molar-refractivity contribution is -0.364. The van der Waals surface area contributed by atoms with Gasteiger partial charge in [0.1, 0.15) is 31.0 Å². The molecule has 1 amide bonds. The zero-order chi connectivity index (χ0) is 45.6. The van der Waals surface area contributed by atoms with E-state index in [-0.39, 0.29) is 39.0 Å². The molecule has 6 aromatic carbocycles. The van der Waals surface area contributed by atoms with Gasteiger partial charge in [-0.2, -0.15) is 0 Å². The molecule has 66 heavy (non-hydrogen) atoms. The summed E-state index contributed by atoms with van der Waals surface area (Å²) < 4.78 is 51.7. The van der Waals surface area contributed by atoms with Gasteiger partial charge in [-0.25, -0.2) is 9.59 Å². The van der Waals surface area contributed by atoms with Crippen LogP contribution in [0.2, 0.25) is 0 Å². The van der Waals surface area contributed by atoms with E-state index in [2.05, 4.69) is 24.0 Å². The molecule has 6 atom stereocenters. The predicted octanol–water partition coefficient (Wildman–Crippen LogP) is 9.34. The third-order valence-electron chi connectivity index (χ3n) is 11.8. The van der Waals surface area contributed by atoms with E-state index in [1.54, 1.807) is 0 Å². The fraction of sp³-hybridized carbons (Fsp3) is 0.273. The number of ether oxygens (including phenoxy) is 8. The predicted molar refractivity (Wildman–Crippen MR) is 249 cm³/mol. The highest BCUT2D eigenvalue weighted by molar-refractivity contribution is 5.82. The number of nitrogens with one attached hydrogen (secondary N) is 1. The summed E-state index contributed by atoms with van der Waals surface area (Å²) in [6, 6.07) is 53.9. The van der Waals surface area contributed by atoms with Crippen LogP contribution in [0.25, 0.3) is 11.1 Å². The minimum absolute atomic E-state index is 0.0409. The molecule has 0 aromatic heterocycles. The molecule has 0 spiro atoms. The normalized spacial score (nSPS) is 20.4. The Kier molecular flexibility index (Phi) is 15.8. The van der Waals surface area contributed by atoms with Crippen LogP contribution >= 0.6 is 0 Å². The zero-order valence-electron chi connectivity index (χ0n) is 36.9. The van der Waals surface area contributed by atoms with Crippen LogP contribution < -0.4 is 5.32 Å². The second-order valence-corrected chi connectivity index (χ2v) is 16.2. The highest BCUT2D eigenvalue weighted by atomic mass is 16.7. The number of benzene rings is 6. The van der Waals surface area contributed by atoms with Crippen LogP contribution in [-0.2, 0) is 69.1 Å². The number of hydrogen-bond acceptors (Lipinski definition) is 10. The van der Waals surface area contributed by atoms with Gasteiger partial charge in [0.15, 0.2) is 6.04 Å². The topological polar surface area (TPSA) is 120 Å². The van der Waals surface area contributed by atoms with Gasteiger partial charge in [0.05, 0.1) is 46.8 Å². The fourth-order valence-electron chi connectivity index (χ4n) is 8.51. The highest BCUT2D eigenvalue weighted by Crippen LogP contribution is 2.45. The molecular weight excluding hydrogens is 835 g/mol. The molecule has 8 rings (SSSR count). The van der Waals surface area contributed by atoms with Crippen molar-refractivity contribution >= 4 is 12.1 Å². The summed E-state index contributed by atoms with van der Waals surface area (Å²) in [5.41, 5.74) is 8.03. The maximum absolute atomic E-state index is 13.6. The molecule has 1 N–H and O–H groups in total. The van der Waals surface area contributed by atoms with E-state index in [1.807, 2.05) is 158 Å². The lowest BCUT2D eigenvalue weighted by Gasteiger charge is -2.51. The number of esters is 1. The quantitative estimate of drug-likeness (QED) is 0.0553. The van der Waals surface area contributed by atoms with Crippen molar-refractivity contribution in [3.63, 3.8) is 0 Å². The van der Waals surface area contributed by atoms with Crippen LogP contribution in [0.4, 0.5) is 4.79 Å². The van der Waals surface area contributed by atoms with Gasteiger partial charge < -0.3 is 43.2 Å². The Morgan fingerprint density at radius 1 is 0.621 bits per heavy atom. The first-order valence-corrected chi connectivity index (χ1v) is 22.2. The number of hydrogen-bond donors (Lipinski definition) is 1. The molecular formula is C55H55NO10. The summed E-state index contributed by atoms with van der Waals surface area (Å²) in [7, 11) is 1.24. The van der Waals surface area contributed by atoms with E-state index >= 15 is 0 Å². The van der Waals surface area contributed by atoms with Crippen molar-refractivity contribution in [2.45, 2.75) is 68.6 Å². The molecule has 0 bridgehead atoms. The summed E-state index contributed by atoms with van der Waals surface area (Å²) in [5.74, 6) is -2.74. The standard InChI is InChI=1S/C55H55NO10/c1-3-55(65-37-48(53(57)59-2)56-54(58)64-36-47-45-30-18-16-28-43(45)44-29-17-19-31-46(44)47)52(63-35-42-26-14-7-15-27-42)51(62-34-41-24-12-6-13-25-41)50(61-33-40-22-10-5-11-23-40)49(66-55)38-60-32-39-20-8-4-9-21-39/h3-31,47-52H,1,32-38H2,2H3,(H,56,58)/t48?,49-,50+,51+,52-,55+/m1/s1. The van der Waals surface area contributed by atoms with Crippen LogP contribution in [-0.4, -0.2) is 75.2 Å². The molecule has 11 nitrogen and oxygen atoms in total. The summed E-state index contributed by atoms with van der Waals surface area (Å²) in [6.45, 7) is 4.75. The third kappa shape index (κ3) is 11.3. The van der Waals surface area contributed by atoms with Crippen molar-refractivity contribution in [2.75, 3.05) is 26.9 Å². The van der Waals surface area contributed by atoms with Crippen LogP contribution in [0.1, 0.15) is 39.3 Å². The van der Waals surface area contributed by atoms with E-state index in [4.69, 9.17) is 37.9 Å². The monoisotopic (exact) mass is 889 g/mol. The number of amides is 1. The van der Waals surface area contributed by atoms with Crippen molar-refractivity contribution in [3.8, 4) is 11.1 Å². The molecule has 1 saturated heterocycles. The first-order chi connectivity index (χ1) is 32.4. The van der Waals surface area contributed by atoms with Gasteiger partial charge in [0, 0.05) is 5.92 Å². The third-order valence-corrected chi connectivity index (χ3v) is 11.8. The minimum atomic E-state index is -1.79. The van der Waals surface area contributed by atoms with Crippen LogP contribution in [0, 0.1) is 0 Å². The largest absolute Gasteiger partial charge is 0.467 e. The molecule has 1 heterocycles. The van der Waals surface area contributed by atoms with E-state index in [0.717, 1.165) is 44.5 Å². The number of rotatable bonds is 21. The van der Waals surface area contributed by atoms with Gasteiger partial charge in [-0.1, -0.05) is 176 Å². The molecule has 340 valence electrons. The summed E-state index contributed by atoms with van der Waals surface area (Å²) in [5, 5.41) is 2.69. The molecule has 1 unspecified atom stereocenters. The lowest BCUT2D eigenvalue weighted by atomic mass is 9.91. The van der Waals surface area contributed by atoms with Crippen LogP contribution in [0.15, 0.2) is 183 Å². The Morgan fingerprint density at radius 3 is 1.61 bits per heavy atom. The Bertz CT molecular complexity index is 2430. The molecule has 2 aliphatic rings. The van der Waals surface area contributed by atoms with E-state index in [0.29, 0.717) is 6.61 Å². The van der Waals surface area contributed by atoms with E-state index < -0.39 is 54.9 Å². The van der Waals surface area contributed by atoms with E-state index in [9.17, 15) is 9.59 Å². The minimum Gasteiger partial charge on any atom is -0.467 e. The Balaban J connectivity index is 1.08. The van der Waals surface area contributed by atoms with Gasteiger partial charge in [0.2, 0.25) is 5.79 Å². The van der Waals surface area contributed by atoms with Gasteiger partial charge >= 0.3 is 12.1 Å². The highest BCUT2D eigenvalue weighted by Gasteiger charge is 2.57. The van der Waals surface area contributed by atoms with Gasteiger partial charge in [-0.15, -0.1) is 0 Å². The van der Waals surface area contributed by atoms with Crippen molar-refractivity contribution in [2.24, 2.45) is 0 Å².